The van der Waals surface area contributed by atoms with Gasteiger partial charge in [0.15, 0.2) is 11.6 Å². The number of rotatable bonds is 12. The molecule has 12 heteroatoms. The second kappa shape index (κ2) is 14.0. The SMILES string of the molecule is Cc1nc(NNC(=O)[C@H](CC2CCCC2)CC(ONC=O)c2ccccc2)c(F)c(N2CCN3CCOC[C@@H]3C2)n1. The van der Waals surface area contributed by atoms with Gasteiger partial charge in [0.25, 0.3) is 0 Å². The van der Waals surface area contributed by atoms with Gasteiger partial charge >= 0.3 is 0 Å². The molecule has 1 unspecified atom stereocenters. The third kappa shape index (κ3) is 7.49. The Balaban J connectivity index is 1.29. The zero-order valence-electron chi connectivity index (χ0n) is 23.6. The van der Waals surface area contributed by atoms with Crippen LogP contribution in [0.1, 0.15) is 56.0 Å². The first-order valence-electron chi connectivity index (χ1n) is 14.6. The van der Waals surface area contributed by atoms with E-state index in [-0.39, 0.29) is 23.6 Å². The van der Waals surface area contributed by atoms with Gasteiger partial charge in [0.05, 0.1) is 19.3 Å². The molecule has 3 aliphatic rings. The summed E-state index contributed by atoms with van der Waals surface area (Å²) in [5, 5.41) is 0. The number of aryl methyl sites for hydroxylation is 1. The van der Waals surface area contributed by atoms with E-state index >= 15 is 4.39 Å². The van der Waals surface area contributed by atoms with Crippen LogP contribution in [0.2, 0.25) is 0 Å². The van der Waals surface area contributed by atoms with Crippen LogP contribution in [0.3, 0.4) is 0 Å². The van der Waals surface area contributed by atoms with Gasteiger partial charge in [-0.2, -0.15) is 4.39 Å². The lowest BCUT2D eigenvalue weighted by atomic mass is 9.87. The van der Waals surface area contributed by atoms with Crippen molar-refractivity contribution in [3.63, 3.8) is 0 Å². The highest BCUT2D eigenvalue weighted by atomic mass is 19.1. The van der Waals surface area contributed by atoms with Gasteiger partial charge in [0, 0.05) is 32.1 Å². The molecule has 2 aromatic rings. The first-order valence-corrected chi connectivity index (χ1v) is 14.6. The monoisotopic (exact) mass is 569 g/mol. The zero-order valence-corrected chi connectivity index (χ0v) is 23.6. The van der Waals surface area contributed by atoms with E-state index in [9.17, 15) is 9.59 Å². The summed E-state index contributed by atoms with van der Waals surface area (Å²) in [6.07, 6.45) is 5.42. The molecule has 0 bridgehead atoms. The Morgan fingerprint density at radius 1 is 1.20 bits per heavy atom. The van der Waals surface area contributed by atoms with Crippen molar-refractivity contribution in [3.8, 4) is 0 Å². The van der Waals surface area contributed by atoms with Crippen molar-refractivity contribution >= 4 is 24.0 Å². The fourth-order valence-corrected chi connectivity index (χ4v) is 6.25. The molecule has 1 aliphatic carbocycles. The number of hydroxylamine groups is 1. The van der Waals surface area contributed by atoms with E-state index in [0.29, 0.717) is 50.7 Å². The molecular weight excluding hydrogens is 529 g/mol. The van der Waals surface area contributed by atoms with E-state index in [2.05, 4.69) is 31.2 Å². The Morgan fingerprint density at radius 2 is 2.00 bits per heavy atom. The first-order chi connectivity index (χ1) is 20.0. The number of benzene rings is 1. The molecule has 0 radical (unpaired) electrons. The number of nitrogens with one attached hydrogen (secondary N) is 3. The molecule has 2 saturated heterocycles. The van der Waals surface area contributed by atoms with Crippen molar-refractivity contribution in [2.45, 2.75) is 57.6 Å². The second-order valence-electron chi connectivity index (χ2n) is 11.2. The third-order valence-corrected chi connectivity index (χ3v) is 8.38. The normalized spacial score (nSPS) is 21.1. The summed E-state index contributed by atoms with van der Waals surface area (Å²) < 4.78 is 21.4. The fraction of sp³-hybridized carbons (Fsp3) is 0.586. The minimum Gasteiger partial charge on any atom is -0.378 e. The van der Waals surface area contributed by atoms with Gasteiger partial charge in [-0.1, -0.05) is 56.0 Å². The zero-order chi connectivity index (χ0) is 28.6. The van der Waals surface area contributed by atoms with Crippen LogP contribution in [0.5, 0.6) is 0 Å². The summed E-state index contributed by atoms with van der Waals surface area (Å²) in [6, 6.07) is 9.67. The van der Waals surface area contributed by atoms with Crippen LogP contribution in [-0.4, -0.2) is 72.6 Å². The lowest BCUT2D eigenvalue weighted by molar-refractivity contribution is -0.131. The van der Waals surface area contributed by atoms with Gasteiger partial charge in [-0.15, -0.1) is 0 Å². The average Bonchev–Trinajstić information content (AvgIpc) is 3.52. The quantitative estimate of drug-likeness (QED) is 0.262. The maximum atomic E-state index is 15.7. The van der Waals surface area contributed by atoms with E-state index < -0.39 is 17.8 Å². The second-order valence-corrected chi connectivity index (χ2v) is 11.2. The Bertz CT molecular complexity index is 1170. The number of halogens is 1. The van der Waals surface area contributed by atoms with Crippen molar-refractivity contribution in [3.05, 3.63) is 47.5 Å². The molecule has 3 heterocycles. The Kier molecular flexibility index (Phi) is 9.97. The highest BCUT2D eigenvalue weighted by Gasteiger charge is 2.33. The number of morpholine rings is 1. The number of hydrogen-bond donors (Lipinski definition) is 3. The molecular formula is C29H40FN7O4. The number of fused-ring (bicyclic) bond motifs is 1. The highest BCUT2D eigenvalue weighted by Crippen LogP contribution is 2.35. The lowest BCUT2D eigenvalue weighted by Gasteiger charge is -2.44. The Morgan fingerprint density at radius 3 is 2.78 bits per heavy atom. The van der Waals surface area contributed by atoms with Gasteiger partial charge in [-0.25, -0.2) is 15.4 Å². The van der Waals surface area contributed by atoms with E-state index in [1.807, 2.05) is 35.2 Å². The van der Waals surface area contributed by atoms with Crippen LogP contribution < -0.4 is 21.2 Å². The van der Waals surface area contributed by atoms with Crippen LogP contribution >= 0.6 is 0 Å². The highest BCUT2D eigenvalue weighted by molar-refractivity contribution is 5.80. The number of carbonyl (C=O) groups excluding carboxylic acids is 2. The van der Waals surface area contributed by atoms with Gasteiger partial charge in [0.2, 0.25) is 18.1 Å². The lowest BCUT2D eigenvalue weighted by Crippen LogP contribution is -2.58. The fourth-order valence-electron chi connectivity index (χ4n) is 6.25. The van der Waals surface area contributed by atoms with Crippen LogP contribution in [0.25, 0.3) is 0 Å². The summed E-state index contributed by atoms with van der Waals surface area (Å²) >= 11 is 0. The topological polar surface area (TPSA) is 121 Å². The van der Waals surface area contributed by atoms with Crippen molar-refractivity contribution in [1.82, 2.24) is 25.8 Å². The number of hydrazine groups is 1. The van der Waals surface area contributed by atoms with Crippen molar-refractivity contribution < 1.29 is 23.6 Å². The number of aromatic nitrogens is 2. The summed E-state index contributed by atoms with van der Waals surface area (Å²) in [5.41, 5.74) is 8.62. The molecule has 1 aromatic carbocycles. The van der Waals surface area contributed by atoms with Gasteiger partial charge in [-0.05, 0) is 31.2 Å². The Hall–Kier alpha value is -3.35. The van der Waals surface area contributed by atoms with E-state index in [1.165, 1.54) is 0 Å². The van der Waals surface area contributed by atoms with E-state index in [1.54, 1.807) is 6.92 Å². The number of carbonyl (C=O) groups is 2. The number of hydrogen-bond acceptors (Lipinski definition) is 9. The van der Waals surface area contributed by atoms with Crippen molar-refractivity contribution in [2.75, 3.05) is 49.7 Å². The van der Waals surface area contributed by atoms with Crippen molar-refractivity contribution in [2.24, 2.45) is 11.8 Å². The molecule has 3 fully saturated rings. The molecule has 0 spiro atoms. The molecule has 5 rings (SSSR count). The standard InChI is InChI=1S/C29H40FN7O4/c1-20-32-27(26(30)28(33-20)37-12-11-36-13-14-40-18-24(36)17-37)34-35-29(39)23(15-21-7-5-6-8-21)16-25(41-31-19-38)22-9-3-2-4-10-22/h2-4,9-10,19,21,23-25H,5-8,11-18H2,1H3,(H,31,38)(H,35,39)(H,32,33,34)/t23-,24+,25?/m1/s1. The largest absolute Gasteiger partial charge is 0.378 e. The average molecular weight is 570 g/mol. The third-order valence-electron chi connectivity index (χ3n) is 8.38. The summed E-state index contributed by atoms with van der Waals surface area (Å²) in [5.74, 6) is -0.338. The first kappa shape index (κ1) is 29.2. The minimum atomic E-state index is -0.603. The number of nitrogens with zero attached hydrogens (tertiary/aromatic N) is 4. The van der Waals surface area contributed by atoms with E-state index in [0.717, 1.165) is 50.9 Å². The van der Waals surface area contributed by atoms with E-state index in [4.69, 9.17) is 9.57 Å². The smallest absolute Gasteiger partial charge is 0.241 e. The molecule has 2 amide bonds. The van der Waals surface area contributed by atoms with Crippen LogP contribution in [0.4, 0.5) is 16.0 Å². The number of piperazine rings is 1. The molecule has 11 nitrogen and oxygen atoms in total. The summed E-state index contributed by atoms with van der Waals surface area (Å²) in [4.78, 5) is 43.1. The predicted molar refractivity (Wildman–Crippen MR) is 151 cm³/mol. The molecule has 1 saturated carbocycles. The maximum Gasteiger partial charge on any atom is 0.241 e. The van der Waals surface area contributed by atoms with Gasteiger partial charge in [0.1, 0.15) is 11.9 Å². The molecule has 222 valence electrons. The minimum absolute atomic E-state index is 0.0683. The van der Waals surface area contributed by atoms with Crippen molar-refractivity contribution in [1.29, 1.82) is 0 Å². The predicted octanol–water partition coefficient (Wildman–Crippen LogP) is 2.89. The summed E-state index contributed by atoms with van der Waals surface area (Å²) in [6.45, 7) is 5.99. The van der Waals surface area contributed by atoms with Gasteiger partial charge in [-0.3, -0.25) is 30.2 Å². The number of anilines is 2. The van der Waals surface area contributed by atoms with Gasteiger partial charge < -0.3 is 9.64 Å². The molecule has 3 N–H and O–H groups in total. The Labute approximate surface area is 240 Å². The molecule has 41 heavy (non-hydrogen) atoms. The number of ether oxygens (including phenoxy) is 1. The summed E-state index contributed by atoms with van der Waals surface area (Å²) in [7, 11) is 0. The van der Waals surface area contributed by atoms with Crippen LogP contribution in [0.15, 0.2) is 30.3 Å². The molecule has 2 aliphatic heterocycles. The maximum absolute atomic E-state index is 15.7. The molecule has 1 aromatic heterocycles. The number of amides is 2. The molecule has 3 atom stereocenters. The van der Waals surface area contributed by atoms with Crippen LogP contribution in [0, 0.1) is 24.6 Å². The van der Waals surface area contributed by atoms with Crippen LogP contribution in [-0.2, 0) is 19.2 Å².